The Labute approximate surface area is 512 Å². The number of esters is 3. The minimum absolute atomic E-state index is 0.104. The average molecular weight is 1150 g/mol. The highest BCUT2D eigenvalue weighted by Gasteiger charge is 2.19. The number of unbranched alkanes of at least 4 members (excludes halogenated alkanes) is 26. The van der Waals surface area contributed by atoms with Crippen LogP contribution in [0.4, 0.5) is 0 Å². The Balaban J connectivity index is 4.45. The molecule has 0 saturated heterocycles. The van der Waals surface area contributed by atoms with Gasteiger partial charge in [0.2, 0.25) is 0 Å². The first-order chi connectivity index (χ1) is 41.0. The van der Waals surface area contributed by atoms with Gasteiger partial charge in [-0.15, -0.1) is 0 Å². The molecule has 0 rings (SSSR count). The molecule has 0 aromatic heterocycles. The molecule has 1 atom stereocenters. The van der Waals surface area contributed by atoms with Crippen molar-refractivity contribution in [1.29, 1.82) is 0 Å². The van der Waals surface area contributed by atoms with Gasteiger partial charge in [0, 0.05) is 19.3 Å². The number of hydrogen-bond acceptors (Lipinski definition) is 6. The molecule has 0 heterocycles. The first-order valence-corrected chi connectivity index (χ1v) is 34.3. The Morgan fingerprint density at radius 1 is 0.253 bits per heavy atom. The van der Waals surface area contributed by atoms with Crippen molar-refractivity contribution < 1.29 is 28.6 Å². The van der Waals surface area contributed by atoms with Crippen LogP contribution in [0.15, 0.2) is 146 Å². The number of carbonyl (C=O) groups excluding carboxylic acids is 3. The summed E-state index contributed by atoms with van der Waals surface area (Å²) in [5.41, 5.74) is 0. The molecule has 0 aromatic rings. The summed E-state index contributed by atoms with van der Waals surface area (Å²) >= 11 is 0. The first kappa shape index (κ1) is 78.3. The van der Waals surface area contributed by atoms with Crippen LogP contribution in [-0.2, 0) is 28.6 Å². The summed E-state index contributed by atoms with van der Waals surface area (Å²) in [4.78, 5) is 38.4. The molecule has 0 saturated carbocycles. The minimum atomic E-state index is -0.814. The van der Waals surface area contributed by atoms with Crippen molar-refractivity contribution in [3.8, 4) is 0 Å². The summed E-state index contributed by atoms with van der Waals surface area (Å²) in [5.74, 6) is -0.968. The molecule has 0 N–H and O–H groups in total. The summed E-state index contributed by atoms with van der Waals surface area (Å²) < 4.78 is 16.9. The summed E-state index contributed by atoms with van der Waals surface area (Å²) in [6, 6.07) is 0. The van der Waals surface area contributed by atoms with Crippen LogP contribution in [0.3, 0.4) is 0 Å². The smallest absolute Gasteiger partial charge is 0.306 e. The molecule has 1 unspecified atom stereocenters. The van der Waals surface area contributed by atoms with Crippen molar-refractivity contribution >= 4 is 17.9 Å². The van der Waals surface area contributed by atoms with Crippen molar-refractivity contribution in [3.63, 3.8) is 0 Å². The van der Waals surface area contributed by atoms with E-state index >= 15 is 0 Å². The number of hydrogen-bond donors (Lipinski definition) is 0. The maximum absolute atomic E-state index is 13.0. The van der Waals surface area contributed by atoms with E-state index in [1.165, 1.54) is 141 Å². The van der Waals surface area contributed by atoms with Crippen LogP contribution in [0.5, 0.6) is 0 Å². The van der Waals surface area contributed by atoms with Crippen LogP contribution in [0, 0.1) is 0 Å². The Kier molecular flexibility index (Phi) is 65.8. The van der Waals surface area contributed by atoms with Crippen LogP contribution in [0.25, 0.3) is 0 Å². The van der Waals surface area contributed by atoms with E-state index in [1.54, 1.807) is 0 Å². The SMILES string of the molecule is CC/C=C\C/C=C\C/C=C\C/C=C\C/C=C\CCCC(=O)OCC(COC(=O)CCCCCCCCCCCC/C=C\C/C=C\C/C=C\CCCCCCC)OC(=O)CCCCCCCCCCCC/C=C\C/C=C\C/C=C\C/C=C\CC. The minimum Gasteiger partial charge on any atom is -0.462 e. The van der Waals surface area contributed by atoms with Gasteiger partial charge >= 0.3 is 17.9 Å². The summed E-state index contributed by atoms with van der Waals surface area (Å²) in [6.45, 7) is 6.36. The van der Waals surface area contributed by atoms with E-state index in [1.807, 2.05) is 0 Å². The first-order valence-electron chi connectivity index (χ1n) is 34.3. The van der Waals surface area contributed by atoms with Crippen molar-refractivity contribution in [1.82, 2.24) is 0 Å². The molecule has 0 aliphatic heterocycles. The van der Waals surface area contributed by atoms with Gasteiger partial charge in [-0.25, -0.2) is 0 Å². The molecule has 0 amide bonds. The lowest BCUT2D eigenvalue weighted by atomic mass is 10.0. The summed E-state index contributed by atoms with van der Waals surface area (Å²) in [5, 5.41) is 0. The van der Waals surface area contributed by atoms with Crippen LogP contribution in [0.2, 0.25) is 0 Å². The largest absolute Gasteiger partial charge is 0.462 e. The topological polar surface area (TPSA) is 78.9 Å². The number of allylic oxidation sites excluding steroid dienone is 24. The summed E-state index contributed by atoms with van der Waals surface area (Å²) in [7, 11) is 0. The van der Waals surface area contributed by atoms with Crippen molar-refractivity contribution in [2.45, 2.75) is 309 Å². The van der Waals surface area contributed by atoms with Gasteiger partial charge < -0.3 is 14.2 Å². The van der Waals surface area contributed by atoms with Gasteiger partial charge in [-0.05, 0) is 135 Å². The average Bonchev–Trinajstić information content (AvgIpc) is 3.49. The van der Waals surface area contributed by atoms with Gasteiger partial charge in [0.05, 0.1) is 0 Å². The van der Waals surface area contributed by atoms with E-state index < -0.39 is 6.10 Å². The van der Waals surface area contributed by atoms with Crippen LogP contribution >= 0.6 is 0 Å². The Bertz CT molecular complexity index is 1800. The monoisotopic (exact) mass is 1150 g/mol. The number of ether oxygens (including phenoxy) is 3. The zero-order chi connectivity index (χ0) is 59.9. The van der Waals surface area contributed by atoms with Crippen LogP contribution in [0.1, 0.15) is 303 Å². The second kappa shape index (κ2) is 69.8. The van der Waals surface area contributed by atoms with Gasteiger partial charge in [-0.2, -0.15) is 0 Å². The van der Waals surface area contributed by atoms with Crippen molar-refractivity contribution in [3.05, 3.63) is 146 Å². The van der Waals surface area contributed by atoms with Crippen molar-refractivity contribution in [2.75, 3.05) is 13.2 Å². The second-order valence-electron chi connectivity index (χ2n) is 22.3. The molecule has 6 heteroatoms. The molecule has 0 aliphatic rings. The molecule has 0 fully saturated rings. The molecule has 83 heavy (non-hydrogen) atoms. The number of carbonyl (C=O) groups is 3. The second-order valence-corrected chi connectivity index (χ2v) is 22.3. The quantitative estimate of drug-likeness (QED) is 0.0261. The predicted molar refractivity (Wildman–Crippen MR) is 362 cm³/mol. The molecule has 6 nitrogen and oxygen atoms in total. The van der Waals surface area contributed by atoms with E-state index in [4.69, 9.17) is 14.2 Å². The van der Waals surface area contributed by atoms with Gasteiger partial charge in [-0.3, -0.25) is 14.4 Å². The fourth-order valence-corrected chi connectivity index (χ4v) is 9.24. The van der Waals surface area contributed by atoms with Crippen molar-refractivity contribution in [2.24, 2.45) is 0 Å². The Morgan fingerprint density at radius 3 is 0.783 bits per heavy atom. The molecule has 470 valence electrons. The van der Waals surface area contributed by atoms with E-state index in [9.17, 15) is 14.4 Å². The normalized spacial score (nSPS) is 13.0. The molecular formula is C77H126O6. The van der Waals surface area contributed by atoms with Crippen LogP contribution in [-0.4, -0.2) is 37.2 Å². The third-order valence-electron chi connectivity index (χ3n) is 14.3. The molecule has 0 aromatic carbocycles. The molecule has 0 radical (unpaired) electrons. The zero-order valence-electron chi connectivity index (χ0n) is 53.9. The van der Waals surface area contributed by atoms with E-state index in [2.05, 4.69) is 167 Å². The fourth-order valence-electron chi connectivity index (χ4n) is 9.24. The van der Waals surface area contributed by atoms with Gasteiger partial charge in [0.15, 0.2) is 6.10 Å². The third-order valence-corrected chi connectivity index (χ3v) is 14.3. The highest BCUT2D eigenvalue weighted by molar-refractivity contribution is 5.71. The third kappa shape index (κ3) is 68.0. The molecular weight excluding hydrogens is 1020 g/mol. The van der Waals surface area contributed by atoms with Gasteiger partial charge in [0.25, 0.3) is 0 Å². The maximum atomic E-state index is 13.0. The lowest BCUT2D eigenvalue weighted by Gasteiger charge is -2.18. The fraction of sp³-hybridized carbons (Fsp3) is 0.649. The summed E-state index contributed by atoms with van der Waals surface area (Å²) in [6.07, 6.45) is 100. The van der Waals surface area contributed by atoms with Gasteiger partial charge in [0.1, 0.15) is 13.2 Å². The van der Waals surface area contributed by atoms with E-state index in [0.717, 1.165) is 116 Å². The van der Waals surface area contributed by atoms with E-state index in [0.29, 0.717) is 19.3 Å². The van der Waals surface area contributed by atoms with E-state index in [-0.39, 0.29) is 37.5 Å². The number of rotatable bonds is 61. The lowest BCUT2D eigenvalue weighted by Crippen LogP contribution is -2.30. The standard InChI is InChI=1S/C77H126O6/c1-4-7-10-13-16-19-22-25-28-31-33-35-37-38-40-41-43-46-49-52-55-58-61-64-67-70-76(79)82-73-74(72-81-75(78)69-66-63-60-57-54-51-48-45-30-27-24-21-18-15-12-9-6-3)83-77(80)71-68-65-62-59-56-53-50-47-44-42-39-36-34-32-29-26-23-20-17-14-11-8-5-2/h8-9,11-12,17-18,20-22,25-27,29-31,33-34,36-38,48,51,57,60,74H,4-7,10,13-16,19,23-24,28,32,35,39-47,49-50,52-56,58-59,61-73H2,1-3H3/b11-8-,12-9-,20-17-,21-18-,25-22-,29-26-,30-27-,33-31-,36-34-,38-37-,51-48-,60-57-. The molecule has 0 bridgehead atoms. The molecule has 0 aliphatic carbocycles. The zero-order valence-corrected chi connectivity index (χ0v) is 53.9. The van der Waals surface area contributed by atoms with Gasteiger partial charge in [-0.1, -0.05) is 295 Å². The highest BCUT2D eigenvalue weighted by atomic mass is 16.6. The van der Waals surface area contributed by atoms with Crippen LogP contribution < -0.4 is 0 Å². The highest BCUT2D eigenvalue weighted by Crippen LogP contribution is 2.16. The lowest BCUT2D eigenvalue weighted by molar-refractivity contribution is -0.167. The maximum Gasteiger partial charge on any atom is 0.306 e. The molecule has 0 spiro atoms. The Morgan fingerprint density at radius 2 is 0.482 bits per heavy atom. The predicted octanol–water partition coefficient (Wildman–Crippen LogP) is 23.9. The Hall–Kier alpha value is -4.71.